The van der Waals surface area contributed by atoms with Gasteiger partial charge in [0.25, 0.3) is 0 Å². The molecule has 0 spiro atoms. The van der Waals surface area contributed by atoms with Crippen LogP contribution in [0.25, 0.3) is 0 Å². The van der Waals surface area contributed by atoms with Gasteiger partial charge in [0.1, 0.15) is 0 Å². The van der Waals surface area contributed by atoms with Gasteiger partial charge in [-0.15, -0.1) is 11.8 Å². The summed E-state index contributed by atoms with van der Waals surface area (Å²) in [7, 11) is 0. The van der Waals surface area contributed by atoms with Crippen LogP contribution in [0, 0.1) is 0 Å². The molecule has 120 valence electrons. The van der Waals surface area contributed by atoms with Crippen molar-refractivity contribution in [3.63, 3.8) is 0 Å². The zero-order chi connectivity index (χ0) is 16.2. The third kappa shape index (κ3) is 4.03. The number of anilines is 1. The zero-order valence-corrected chi connectivity index (χ0v) is 14.9. The predicted octanol–water partition coefficient (Wildman–Crippen LogP) is 5.21. The third-order valence-electron chi connectivity index (χ3n) is 3.91. The maximum absolute atomic E-state index is 12.5. The second-order valence-electron chi connectivity index (χ2n) is 5.51. The molecule has 0 fully saturated rings. The summed E-state index contributed by atoms with van der Waals surface area (Å²) in [6, 6.07) is 13.6. The molecule has 0 aromatic heterocycles. The molecule has 1 amide bonds. The van der Waals surface area contributed by atoms with E-state index >= 15 is 0 Å². The van der Waals surface area contributed by atoms with Gasteiger partial charge in [-0.25, -0.2) is 0 Å². The van der Waals surface area contributed by atoms with Crippen molar-refractivity contribution < 1.29 is 4.79 Å². The molecule has 5 heteroatoms. The van der Waals surface area contributed by atoms with Crippen molar-refractivity contribution in [2.24, 2.45) is 0 Å². The summed E-state index contributed by atoms with van der Waals surface area (Å²) in [6.45, 7) is 0.804. The first kappa shape index (κ1) is 16.7. The monoisotopic (exact) mass is 365 g/mol. The smallest absolute Gasteiger partial charge is 0.236 e. The number of carbonyl (C=O) groups excluding carboxylic acids is 1. The third-order valence-corrected chi connectivity index (χ3v) is 5.46. The highest BCUT2D eigenvalue weighted by Gasteiger charge is 2.21. The predicted molar refractivity (Wildman–Crippen MR) is 99.7 cm³/mol. The van der Waals surface area contributed by atoms with E-state index in [1.54, 1.807) is 17.8 Å². The molecule has 2 nitrogen and oxygen atoms in total. The van der Waals surface area contributed by atoms with Gasteiger partial charge in [-0.1, -0.05) is 47.5 Å². The van der Waals surface area contributed by atoms with E-state index < -0.39 is 0 Å². The Kier molecular flexibility index (Phi) is 5.52. The molecular weight excluding hydrogens is 349 g/mol. The molecular formula is C18H17Cl2NOS. The fourth-order valence-electron chi connectivity index (χ4n) is 2.76. The van der Waals surface area contributed by atoms with Crippen LogP contribution in [0.3, 0.4) is 0 Å². The van der Waals surface area contributed by atoms with E-state index in [0.29, 0.717) is 21.6 Å². The Morgan fingerprint density at radius 2 is 2.00 bits per heavy atom. The van der Waals surface area contributed by atoms with Gasteiger partial charge < -0.3 is 4.90 Å². The minimum atomic E-state index is 0.159. The van der Waals surface area contributed by atoms with E-state index in [4.69, 9.17) is 23.2 Å². The lowest BCUT2D eigenvalue weighted by Crippen LogP contribution is -2.36. The lowest BCUT2D eigenvalue weighted by Gasteiger charge is -2.29. The molecule has 2 aromatic carbocycles. The number of nitrogens with zero attached hydrogens (tertiary/aromatic N) is 1. The fraction of sp³-hybridized carbons (Fsp3) is 0.278. The summed E-state index contributed by atoms with van der Waals surface area (Å²) in [5.41, 5.74) is 3.33. The summed E-state index contributed by atoms with van der Waals surface area (Å²) < 4.78 is 0. The minimum absolute atomic E-state index is 0.159. The van der Waals surface area contributed by atoms with Crippen molar-refractivity contribution in [2.75, 3.05) is 17.2 Å². The highest BCUT2D eigenvalue weighted by molar-refractivity contribution is 7.99. The summed E-state index contributed by atoms with van der Waals surface area (Å²) in [5, 5.41) is 1.28. The number of para-hydroxylation sites is 1. The quantitative estimate of drug-likeness (QED) is 0.741. The molecule has 0 saturated heterocycles. The summed E-state index contributed by atoms with van der Waals surface area (Å²) in [6.07, 6.45) is 2.07. The van der Waals surface area contributed by atoms with Crippen LogP contribution in [0.1, 0.15) is 17.5 Å². The largest absolute Gasteiger partial charge is 0.311 e. The molecule has 1 aliphatic heterocycles. The standard InChI is InChI=1S/C18H17Cl2NOS/c19-15-8-7-14(16(20)10-15)11-23-12-18(22)21-9-3-5-13-4-1-2-6-17(13)21/h1-2,4,6-8,10H,3,5,9,11-12H2. The SMILES string of the molecule is O=C(CSCc1ccc(Cl)cc1Cl)N1CCCc2ccccc21. The molecule has 1 heterocycles. The van der Waals surface area contributed by atoms with Gasteiger partial charge in [-0.2, -0.15) is 0 Å². The Bertz CT molecular complexity index is 720. The van der Waals surface area contributed by atoms with Crippen molar-refractivity contribution in [2.45, 2.75) is 18.6 Å². The van der Waals surface area contributed by atoms with E-state index in [1.807, 2.05) is 35.2 Å². The van der Waals surface area contributed by atoms with Gasteiger partial charge >= 0.3 is 0 Å². The number of aryl methyl sites for hydroxylation is 1. The highest BCUT2D eigenvalue weighted by Crippen LogP contribution is 2.28. The number of benzene rings is 2. The van der Waals surface area contributed by atoms with Crippen LogP contribution in [-0.2, 0) is 17.0 Å². The van der Waals surface area contributed by atoms with E-state index in [2.05, 4.69) is 6.07 Å². The summed E-state index contributed by atoms with van der Waals surface area (Å²) in [5.74, 6) is 1.32. The van der Waals surface area contributed by atoms with Crippen molar-refractivity contribution in [1.82, 2.24) is 0 Å². The Labute approximate surface area is 150 Å². The fourth-order valence-corrected chi connectivity index (χ4v) is 4.22. The van der Waals surface area contributed by atoms with Crippen molar-refractivity contribution >= 4 is 46.6 Å². The van der Waals surface area contributed by atoms with Gasteiger partial charge in [-0.05, 0) is 42.2 Å². The van der Waals surface area contributed by atoms with Gasteiger partial charge in [-0.3, -0.25) is 4.79 Å². The number of thioether (sulfide) groups is 1. The molecule has 0 atom stereocenters. The Morgan fingerprint density at radius 3 is 2.83 bits per heavy atom. The number of rotatable bonds is 4. The normalized spacial score (nSPS) is 13.7. The second-order valence-corrected chi connectivity index (χ2v) is 7.34. The van der Waals surface area contributed by atoms with Crippen LogP contribution in [0.5, 0.6) is 0 Å². The Morgan fingerprint density at radius 1 is 1.17 bits per heavy atom. The van der Waals surface area contributed by atoms with Crippen LogP contribution >= 0.6 is 35.0 Å². The van der Waals surface area contributed by atoms with E-state index in [0.717, 1.165) is 30.6 Å². The number of fused-ring (bicyclic) bond motifs is 1. The molecule has 0 unspecified atom stereocenters. The second kappa shape index (κ2) is 7.61. The molecule has 3 rings (SSSR count). The molecule has 2 aromatic rings. The van der Waals surface area contributed by atoms with Crippen molar-refractivity contribution in [3.8, 4) is 0 Å². The van der Waals surface area contributed by atoms with Crippen LogP contribution in [-0.4, -0.2) is 18.2 Å². The molecule has 1 aliphatic rings. The lowest BCUT2D eigenvalue weighted by atomic mass is 10.0. The number of amides is 1. The van der Waals surface area contributed by atoms with Gasteiger partial charge in [0.15, 0.2) is 0 Å². The zero-order valence-electron chi connectivity index (χ0n) is 12.6. The minimum Gasteiger partial charge on any atom is -0.311 e. The number of halogens is 2. The van der Waals surface area contributed by atoms with Crippen LogP contribution in [0.2, 0.25) is 10.0 Å². The molecule has 0 radical (unpaired) electrons. The van der Waals surface area contributed by atoms with E-state index in [9.17, 15) is 4.79 Å². The van der Waals surface area contributed by atoms with Crippen LogP contribution in [0.15, 0.2) is 42.5 Å². The Balaban J connectivity index is 1.60. The van der Waals surface area contributed by atoms with Gasteiger partial charge in [0, 0.05) is 28.0 Å². The summed E-state index contributed by atoms with van der Waals surface area (Å²) >= 11 is 13.7. The first-order valence-electron chi connectivity index (χ1n) is 7.55. The number of hydrogen-bond acceptors (Lipinski definition) is 2. The van der Waals surface area contributed by atoms with Gasteiger partial charge in [0.05, 0.1) is 5.75 Å². The van der Waals surface area contributed by atoms with Gasteiger partial charge in [0.2, 0.25) is 5.91 Å². The van der Waals surface area contributed by atoms with Crippen LogP contribution in [0.4, 0.5) is 5.69 Å². The van der Waals surface area contributed by atoms with E-state index in [1.165, 1.54) is 5.56 Å². The highest BCUT2D eigenvalue weighted by atomic mass is 35.5. The molecule has 23 heavy (non-hydrogen) atoms. The topological polar surface area (TPSA) is 20.3 Å². The van der Waals surface area contributed by atoms with Crippen molar-refractivity contribution in [1.29, 1.82) is 0 Å². The Hall–Kier alpha value is -1.16. The maximum Gasteiger partial charge on any atom is 0.236 e. The molecule has 0 N–H and O–H groups in total. The first-order chi connectivity index (χ1) is 11.1. The molecule has 0 bridgehead atoms. The van der Waals surface area contributed by atoms with E-state index in [-0.39, 0.29) is 5.91 Å². The maximum atomic E-state index is 12.5. The number of carbonyl (C=O) groups is 1. The molecule has 0 aliphatic carbocycles. The number of hydrogen-bond donors (Lipinski definition) is 0. The molecule has 0 saturated carbocycles. The lowest BCUT2D eigenvalue weighted by molar-refractivity contribution is -0.116. The average Bonchev–Trinajstić information content (AvgIpc) is 2.56. The summed E-state index contributed by atoms with van der Waals surface area (Å²) in [4.78, 5) is 14.5. The van der Waals surface area contributed by atoms with Crippen LogP contribution < -0.4 is 4.90 Å². The van der Waals surface area contributed by atoms with Crippen molar-refractivity contribution in [3.05, 3.63) is 63.6 Å². The average molecular weight is 366 g/mol. The first-order valence-corrected chi connectivity index (χ1v) is 9.46.